The van der Waals surface area contributed by atoms with Crippen LogP contribution in [0.3, 0.4) is 0 Å². The summed E-state index contributed by atoms with van der Waals surface area (Å²) >= 11 is 0. The van der Waals surface area contributed by atoms with Gasteiger partial charge in [0.05, 0.1) is 6.54 Å². The smallest absolute Gasteiger partial charge is 0.259 e. The van der Waals surface area contributed by atoms with Crippen molar-refractivity contribution in [1.82, 2.24) is 15.1 Å². The molecule has 148 valence electrons. The first kappa shape index (κ1) is 20.8. The van der Waals surface area contributed by atoms with Gasteiger partial charge >= 0.3 is 0 Å². The molecule has 1 fully saturated rings. The van der Waals surface area contributed by atoms with E-state index in [0.29, 0.717) is 12.8 Å². The maximum Gasteiger partial charge on any atom is 0.259 e. The Bertz CT molecular complexity index is 686. The number of nitrogens with one attached hydrogen (secondary N) is 1. The summed E-state index contributed by atoms with van der Waals surface area (Å²) in [6, 6.07) is 2.59. The van der Waals surface area contributed by atoms with Crippen molar-refractivity contribution in [1.29, 1.82) is 0 Å². The molecule has 9 heteroatoms. The van der Waals surface area contributed by atoms with Crippen LogP contribution in [-0.2, 0) is 9.59 Å². The van der Waals surface area contributed by atoms with Crippen molar-refractivity contribution in [3.05, 3.63) is 35.4 Å². The fourth-order valence-electron chi connectivity index (χ4n) is 3.01. The minimum atomic E-state index is -0.911. The number of carbonyl (C=O) groups is 3. The Morgan fingerprint density at radius 1 is 1.11 bits per heavy atom. The number of hydrogen-bond donors (Lipinski definition) is 2. The van der Waals surface area contributed by atoms with Crippen molar-refractivity contribution in [2.24, 2.45) is 5.73 Å². The van der Waals surface area contributed by atoms with Crippen LogP contribution in [0.15, 0.2) is 18.2 Å². The zero-order valence-corrected chi connectivity index (χ0v) is 15.2. The fraction of sp³-hybridized carbons (Fsp3) is 0.500. The number of halogens is 2. The van der Waals surface area contributed by atoms with Crippen LogP contribution >= 0.6 is 0 Å². The summed E-state index contributed by atoms with van der Waals surface area (Å²) in [7, 11) is 0. The standard InChI is InChI=1S/C18H24F2N4O3/c1-2-4-14(22-15(25)11-21)17(26)23-7-9-24(10-8-23)18(27)16-12(19)5-3-6-13(16)20/h3,5-6,14H,2,4,7-11,21H2,1H3,(H,22,25)/t14-/m1/s1. The van der Waals surface area contributed by atoms with Gasteiger partial charge in [-0.2, -0.15) is 0 Å². The zero-order valence-electron chi connectivity index (χ0n) is 15.2. The molecule has 1 aliphatic heterocycles. The number of rotatable bonds is 6. The molecule has 0 spiro atoms. The lowest BCUT2D eigenvalue weighted by Gasteiger charge is -2.36. The topological polar surface area (TPSA) is 95.7 Å². The predicted octanol–water partition coefficient (Wildman–Crippen LogP) is 0.493. The van der Waals surface area contributed by atoms with Crippen molar-refractivity contribution in [2.45, 2.75) is 25.8 Å². The van der Waals surface area contributed by atoms with Gasteiger partial charge in [0.15, 0.2) is 0 Å². The monoisotopic (exact) mass is 382 g/mol. The van der Waals surface area contributed by atoms with Crippen LogP contribution in [0.25, 0.3) is 0 Å². The largest absolute Gasteiger partial charge is 0.343 e. The van der Waals surface area contributed by atoms with Gasteiger partial charge in [0.25, 0.3) is 5.91 Å². The molecule has 0 aliphatic carbocycles. The van der Waals surface area contributed by atoms with E-state index in [1.165, 1.54) is 11.0 Å². The third kappa shape index (κ3) is 5.00. The van der Waals surface area contributed by atoms with Gasteiger partial charge in [-0.1, -0.05) is 19.4 Å². The van der Waals surface area contributed by atoms with Gasteiger partial charge in [0.2, 0.25) is 11.8 Å². The van der Waals surface area contributed by atoms with E-state index in [0.717, 1.165) is 12.1 Å². The van der Waals surface area contributed by atoms with Crippen LogP contribution in [0.4, 0.5) is 8.78 Å². The molecular formula is C18H24F2N4O3. The molecule has 3 amide bonds. The van der Waals surface area contributed by atoms with Crippen molar-refractivity contribution >= 4 is 17.7 Å². The van der Waals surface area contributed by atoms with Crippen LogP contribution in [-0.4, -0.2) is 66.3 Å². The van der Waals surface area contributed by atoms with Crippen LogP contribution in [0.1, 0.15) is 30.1 Å². The third-order valence-electron chi connectivity index (χ3n) is 4.45. The molecule has 1 aliphatic rings. The molecule has 1 saturated heterocycles. The number of piperazine rings is 1. The second-order valence-electron chi connectivity index (χ2n) is 6.33. The molecule has 0 aromatic heterocycles. The lowest BCUT2D eigenvalue weighted by atomic mass is 10.1. The minimum Gasteiger partial charge on any atom is -0.343 e. The summed E-state index contributed by atoms with van der Waals surface area (Å²) in [5, 5.41) is 2.60. The maximum absolute atomic E-state index is 13.8. The van der Waals surface area contributed by atoms with Crippen LogP contribution in [0.5, 0.6) is 0 Å². The van der Waals surface area contributed by atoms with Gasteiger partial charge in [-0.05, 0) is 18.6 Å². The van der Waals surface area contributed by atoms with Crippen molar-refractivity contribution in [3.8, 4) is 0 Å². The second-order valence-corrected chi connectivity index (χ2v) is 6.33. The number of hydrogen-bond acceptors (Lipinski definition) is 4. The van der Waals surface area contributed by atoms with E-state index in [1.807, 2.05) is 6.92 Å². The van der Waals surface area contributed by atoms with Gasteiger partial charge in [0.1, 0.15) is 23.2 Å². The highest BCUT2D eigenvalue weighted by atomic mass is 19.1. The predicted molar refractivity (Wildman–Crippen MR) is 94.7 cm³/mol. The van der Waals surface area contributed by atoms with E-state index < -0.39 is 35.1 Å². The van der Waals surface area contributed by atoms with Crippen LogP contribution in [0.2, 0.25) is 0 Å². The van der Waals surface area contributed by atoms with Crippen molar-refractivity contribution in [2.75, 3.05) is 32.7 Å². The average Bonchev–Trinajstić information content (AvgIpc) is 2.66. The fourth-order valence-corrected chi connectivity index (χ4v) is 3.01. The van der Waals surface area contributed by atoms with Gasteiger partial charge in [-0.3, -0.25) is 14.4 Å². The van der Waals surface area contributed by atoms with E-state index in [9.17, 15) is 23.2 Å². The molecular weight excluding hydrogens is 358 g/mol. The first-order valence-electron chi connectivity index (χ1n) is 8.90. The molecule has 2 rings (SSSR count). The summed E-state index contributed by atoms with van der Waals surface area (Å²) in [4.78, 5) is 39.4. The lowest BCUT2D eigenvalue weighted by molar-refractivity contribution is -0.137. The molecule has 0 radical (unpaired) electrons. The zero-order chi connectivity index (χ0) is 20.0. The van der Waals surface area contributed by atoms with E-state index >= 15 is 0 Å². The second kappa shape index (κ2) is 9.40. The molecule has 27 heavy (non-hydrogen) atoms. The molecule has 1 heterocycles. The van der Waals surface area contributed by atoms with Crippen LogP contribution in [0, 0.1) is 11.6 Å². The Hall–Kier alpha value is -2.55. The van der Waals surface area contributed by atoms with Gasteiger partial charge < -0.3 is 20.9 Å². The maximum atomic E-state index is 13.8. The van der Waals surface area contributed by atoms with Gasteiger partial charge in [-0.15, -0.1) is 0 Å². The highest BCUT2D eigenvalue weighted by Crippen LogP contribution is 2.16. The summed E-state index contributed by atoms with van der Waals surface area (Å²) in [6.07, 6.45) is 1.18. The number of nitrogens with two attached hydrogens (primary N) is 1. The Balaban J connectivity index is 2.00. The summed E-state index contributed by atoms with van der Waals surface area (Å²) in [5.41, 5.74) is 4.70. The van der Waals surface area contributed by atoms with Crippen molar-refractivity contribution in [3.63, 3.8) is 0 Å². The molecule has 1 aromatic rings. The lowest BCUT2D eigenvalue weighted by Crippen LogP contribution is -2.56. The molecule has 0 saturated carbocycles. The molecule has 1 aromatic carbocycles. The van der Waals surface area contributed by atoms with Crippen LogP contribution < -0.4 is 11.1 Å². The first-order chi connectivity index (χ1) is 12.9. The number of carbonyl (C=O) groups excluding carboxylic acids is 3. The Labute approximate surface area is 156 Å². The molecule has 7 nitrogen and oxygen atoms in total. The molecule has 0 unspecified atom stereocenters. The first-order valence-corrected chi connectivity index (χ1v) is 8.90. The summed E-state index contributed by atoms with van der Waals surface area (Å²) < 4.78 is 27.6. The third-order valence-corrected chi connectivity index (χ3v) is 4.45. The Kier molecular flexibility index (Phi) is 7.23. The normalized spacial score (nSPS) is 15.4. The van der Waals surface area contributed by atoms with Gasteiger partial charge in [0, 0.05) is 26.2 Å². The highest BCUT2D eigenvalue weighted by molar-refractivity contribution is 5.95. The van der Waals surface area contributed by atoms with E-state index in [-0.39, 0.29) is 38.6 Å². The number of nitrogens with zero attached hydrogens (tertiary/aromatic N) is 2. The number of benzene rings is 1. The molecule has 0 bridgehead atoms. The van der Waals surface area contributed by atoms with E-state index in [4.69, 9.17) is 5.73 Å². The minimum absolute atomic E-state index is 0.155. The Morgan fingerprint density at radius 3 is 2.19 bits per heavy atom. The summed E-state index contributed by atoms with van der Waals surface area (Å²) in [6.45, 7) is 2.45. The number of amides is 3. The van der Waals surface area contributed by atoms with E-state index in [1.54, 1.807) is 4.90 Å². The van der Waals surface area contributed by atoms with Crippen molar-refractivity contribution < 1.29 is 23.2 Å². The molecule has 1 atom stereocenters. The average molecular weight is 382 g/mol. The van der Waals surface area contributed by atoms with E-state index in [2.05, 4.69) is 5.32 Å². The quantitative estimate of drug-likeness (QED) is 0.749. The molecule has 3 N–H and O–H groups in total. The van der Waals surface area contributed by atoms with Gasteiger partial charge in [-0.25, -0.2) is 8.78 Å². The summed E-state index contributed by atoms with van der Waals surface area (Å²) in [5.74, 6) is -3.22. The SMILES string of the molecule is CCC[C@@H](NC(=O)CN)C(=O)N1CCN(C(=O)c2c(F)cccc2F)CC1. The Morgan fingerprint density at radius 2 is 1.67 bits per heavy atom. The highest BCUT2D eigenvalue weighted by Gasteiger charge is 2.31.